The van der Waals surface area contributed by atoms with E-state index in [0.717, 1.165) is 25.7 Å². The molecule has 1 fully saturated rings. The first-order chi connectivity index (χ1) is 7.63. The topological polar surface area (TPSA) is 50.2 Å². The van der Waals surface area contributed by atoms with Crippen LogP contribution in [0.3, 0.4) is 0 Å². The van der Waals surface area contributed by atoms with E-state index in [-0.39, 0.29) is 0 Å². The average Bonchev–Trinajstić information content (AvgIpc) is 3.11. The van der Waals surface area contributed by atoms with E-state index in [1.807, 2.05) is 19.1 Å². The van der Waals surface area contributed by atoms with E-state index in [2.05, 4.69) is 4.98 Å². The zero-order valence-corrected chi connectivity index (χ0v) is 9.52. The summed E-state index contributed by atoms with van der Waals surface area (Å²) in [6.45, 7) is 1.88. The second-order valence-electron chi connectivity index (χ2n) is 4.85. The van der Waals surface area contributed by atoms with E-state index < -0.39 is 11.4 Å². The molecule has 3 nitrogen and oxygen atoms in total. The molecule has 0 saturated heterocycles. The Balaban J connectivity index is 2.00. The van der Waals surface area contributed by atoms with Crippen molar-refractivity contribution in [3.05, 3.63) is 30.1 Å². The fourth-order valence-electron chi connectivity index (χ4n) is 2.16. The van der Waals surface area contributed by atoms with Gasteiger partial charge in [-0.2, -0.15) is 0 Å². The van der Waals surface area contributed by atoms with Gasteiger partial charge in [0.15, 0.2) is 0 Å². The number of hydrogen-bond acceptors (Lipinski definition) is 2. The summed E-state index contributed by atoms with van der Waals surface area (Å²) in [4.78, 5) is 15.3. The highest BCUT2D eigenvalue weighted by Crippen LogP contribution is 2.48. The number of nitrogens with zero attached hydrogens (tertiary/aromatic N) is 1. The maximum atomic E-state index is 11.3. The minimum absolute atomic E-state index is 0.381. The Morgan fingerprint density at radius 1 is 1.50 bits per heavy atom. The predicted octanol–water partition coefficient (Wildman–Crippen LogP) is 2.52. The summed E-state index contributed by atoms with van der Waals surface area (Å²) in [6.07, 6.45) is 7.19. The SMILES string of the molecule is CC(CCc1ccncc1)(C(=O)O)C1CC1. The largest absolute Gasteiger partial charge is 0.481 e. The van der Waals surface area contributed by atoms with Crippen LogP contribution in [0.2, 0.25) is 0 Å². The monoisotopic (exact) mass is 219 g/mol. The van der Waals surface area contributed by atoms with Crippen molar-refractivity contribution >= 4 is 5.97 Å². The maximum absolute atomic E-state index is 11.3. The molecule has 1 aromatic rings. The van der Waals surface area contributed by atoms with Crippen LogP contribution >= 0.6 is 0 Å². The van der Waals surface area contributed by atoms with Gasteiger partial charge >= 0.3 is 5.97 Å². The van der Waals surface area contributed by atoms with E-state index >= 15 is 0 Å². The van der Waals surface area contributed by atoms with Gasteiger partial charge in [-0.25, -0.2) is 0 Å². The molecule has 1 N–H and O–H groups in total. The third-order valence-corrected chi connectivity index (χ3v) is 3.65. The van der Waals surface area contributed by atoms with E-state index in [1.165, 1.54) is 5.56 Å². The lowest BCUT2D eigenvalue weighted by Gasteiger charge is -2.24. The maximum Gasteiger partial charge on any atom is 0.309 e. The van der Waals surface area contributed by atoms with E-state index in [0.29, 0.717) is 5.92 Å². The molecule has 0 bridgehead atoms. The van der Waals surface area contributed by atoms with Crippen molar-refractivity contribution in [2.24, 2.45) is 11.3 Å². The van der Waals surface area contributed by atoms with Crippen molar-refractivity contribution in [3.63, 3.8) is 0 Å². The molecule has 0 aliphatic heterocycles. The summed E-state index contributed by atoms with van der Waals surface area (Å²) >= 11 is 0. The lowest BCUT2D eigenvalue weighted by molar-refractivity contribution is -0.149. The summed E-state index contributed by atoms with van der Waals surface area (Å²) in [5.74, 6) is -0.268. The second-order valence-corrected chi connectivity index (χ2v) is 4.85. The molecule has 1 aliphatic carbocycles. The second kappa shape index (κ2) is 4.24. The van der Waals surface area contributed by atoms with Crippen LogP contribution in [0.1, 0.15) is 31.7 Å². The summed E-state index contributed by atoms with van der Waals surface area (Å²) in [7, 11) is 0. The molecular weight excluding hydrogens is 202 g/mol. The third kappa shape index (κ3) is 2.23. The number of carbonyl (C=O) groups is 1. The molecule has 1 saturated carbocycles. The molecule has 1 aliphatic rings. The molecule has 0 spiro atoms. The van der Waals surface area contributed by atoms with Crippen LogP contribution in [0.5, 0.6) is 0 Å². The predicted molar refractivity (Wildman–Crippen MR) is 61.0 cm³/mol. The highest BCUT2D eigenvalue weighted by molar-refractivity contribution is 5.75. The van der Waals surface area contributed by atoms with Crippen LogP contribution in [-0.4, -0.2) is 16.1 Å². The molecule has 1 heterocycles. The van der Waals surface area contributed by atoms with Crippen molar-refractivity contribution in [2.75, 3.05) is 0 Å². The Hall–Kier alpha value is -1.38. The van der Waals surface area contributed by atoms with Gasteiger partial charge in [0.05, 0.1) is 5.41 Å². The number of carboxylic acid groups (broad SMARTS) is 1. The minimum Gasteiger partial charge on any atom is -0.481 e. The molecule has 86 valence electrons. The molecule has 3 heteroatoms. The summed E-state index contributed by atoms with van der Waals surface area (Å²) in [5.41, 5.74) is 0.631. The van der Waals surface area contributed by atoms with Gasteiger partial charge in [0.2, 0.25) is 0 Å². The van der Waals surface area contributed by atoms with Crippen LogP contribution in [0.25, 0.3) is 0 Å². The first-order valence-electron chi connectivity index (χ1n) is 5.75. The molecule has 1 unspecified atom stereocenters. The third-order valence-electron chi connectivity index (χ3n) is 3.65. The van der Waals surface area contributed by atoms with Crippen LogP contribution < -0.4 is 0 Å². The van der Waals surface area contributed by atoms with Gasteiger partial charge in [0.25, 0.3) is 0 Å². The summed E-state index contributed by atoms with van der Waals surface area (Å²) < 4.78 is 0. The molecular formula is C13H17NO2. The molecule has 0 radical (unpaired) electrons. The van der Waals surface area contributed by atoms with Crippen LogP contribution in [0.4, 0.5) is 0 Å². The van der Waals surface area contributed by atoms with Crippen molar-refractivity contribution in [2.45, 2.75) is 32.6 Å². The van der Waals surface area contributed by atoms with Gasteiger partial charge in [0, 0.05) is 12.4 Å². The minimum atomic E-state index is -0.649. The highest BCUT2D eigenvalue weighted by Gasteiger charge is 2.46. The number of aromatic nitrogens is 1. The van der Waals surface area contributed by atoms with Crippen LogP contribution in [-0.2, 0) is 11.2 Å². The lowest BCUT2D eigenvalue weighted by atomic mass is 9.79. The average molecular weight is 219 g/mol. The number of carboxylic acids is 1. The number of aryl methyl sites for hydroxylation is 1. The quantitative estimate of drug-likeness (QED) is 0.827. The molecule has 1 aromatic heterocycles. The summed E-state index contributed by atoms with van der Waals surface area (Å²) in [5, 5.41) is 9.31. The smallest absolute Gasteiger partial charge is 0.309 e. The van der Waals surface area contributed by atoms with Crippen molar-refractivity contribution in [1.29, 1.82) is 0 Å². The molecule has 2 rings (SSSR count). The van der Waals surface area contributed by atoms with Gasteiger partial charge in [-0.1, -0.05) is 0 Å². The summed E-state index contributed by atoms with van der Waals surface area (Å²) in [6, 6.07) is 3.91. The van der Waals surface area contributed by atoms with Crippen LogP contribution in [0.15, 0.2) is 24.5 Å². The number of hydrogen-bond donors (Lipinski definition) is 1. The van der Waals surface area contributed by atoms with Gasteiger partial charge in [0.1, 0.15) is 0 Å². The Kier molecular flexibility index (Phi) is 2.95. The molecule has 0 amide bonds. The number of aliphatic carboxylic acids is 1. The van der Waals surface area contributed by atoms with Crippen molar-refractivity contribution < 1.29 is 9.90 Å². The number of pyridine rings is 1. The first-order valence-corrected chi connectivity index (χ1v) is 5.75. The van der Waals surface area contributed by atoms with E-state index in [1.54, 1.807) is 12.4 Å². The zero-order valence-electron chi connectivity index (χ0n) is 9.52. The van der Waals surface area contributed by atoms with Gasteiger partial charge in [-0.05, 0) is 56.2 Å². The number of rotatable bonds is 5. The van der Waals surface area contributed by atoms with Crippen molar-refractivity contribution in [1.82, 2.24) is 4.98 Å². The first kappa shape index (κ1) is 11.1. The molecule has 16 heavy (non-hydrogen) atoms. The Bertz CT molecular complexity index is 373. The Morgan fingerprint density at radius 3 is 2.62 bits per heavy atom. The fraction of sp³-hybridized carbons (Fsp3) is 0.538. The highest BCUT2D eigenvalue weighted by atomic mass is 16.4. The Labute approximate surface area is 95.5 Å². The van der Waals surface area contributed by atoms with Gasteiger partial charge in [-0.15, -0.1) is 0 Å². The van der Waals surface area contributed by atoms with Gasteiger partial charge in [-0.3, -0.25) is 9.78 Å². The Morgan fingerprint density at radius 2 is 2.12 bits per heavy atom. The van der Waals surface area contributed by atoms with Crippen molar-refractivity contribution in [3.8, 4) is 0 Å². The molecule has 1 atom stereocenters. The fourth-order valence-corrected chi connectivity index (χ4v) is 2.16. The van der Waals surface area contributed by atoms with Gasteiger partial charge < -0.3 is 5.11 Å². The standard InChI is InChI=1S/C13H17NO2/c1-13(12(15)16,11-2-3-11)7-4-10-5-8-14-9-6-10/h5-6,8-9,11H,2-4,7H2,1H3,(H,15,16). The van der Waals surface area contributed by atoms with E-state index in [9.17, 15) is 9.90 Å². The van der Waals surface area contributed by atoms with Crippen LogP contribution in [0, 0.1) is 11.3 Å². The zero-order chi connectivity index (χ0) is 11.6. The molecule has 0 aromatic carbocycles. The lowest BCUT2D eigenvalue weighted by Crippen LogP contribution is -2.30. The normalized spacial score (nSPS) is 19.1. The van der Waals surface area contributed by atoms with E-state index in [4.69, 9.17) is 0 Å².